The number of benzene rings is 8. The van der Waals surface area contributed by atoms with Gasteiger partial charge in [0.1, 0.15) is 91.4 Å². The van der Waals surface area contributed by atoms with Gasteiger partial charge in [0.15, 0.2) is 0 Å². The average molecular weight is 2250 g/mol. The molecule has 0 saturated heterocycles. The molecule has 0 bridgehead atoms. The lowest BCUT2D eigenvalue weighted by Gasteiger charge is -2.28. The van der Waals surface area contributed by atoms with E-state index in [0.29, 0.717) is 91.5 Å². The van der Waals surface area contributed by atoms with Crippen molar-refractivity contribution in [3.63, 3.8) is 0 Å². The van der Waals surface area contributed by atoms with E-state index in [-0.39, 0.29) is 74.6 Å². The summed E-state index contributed by atoms with van der Waals surface area (Å²) < 4.78 is 160. The van der Waals surface area contributed by atoms with Gasteiger partial charge in [-0.15, -0.1) is 0 Å². The fourth-order valence-corrected chi connectivity index (χ4v) is 21.1. The topological polar surface area (TPSA) is 356 Å². The predicted molar refractivity (Wildman–Crippen MR) is 561 cm³/mol. The normalized spacial score (nSPS) is 13.2. The Hall–Kier alpha value is -9.84. The standard InChI is InChI=1S/4C25H29BrN2O5S.3CH4/c4*1-17-23(26)13-14-24(27-17)25(29)18(2)34(30,31)28(15-19-5-9-21(32-3)10-6-19)16-20-7-11-22(33-4)12-8-20;;;/h4*5-14,18,25,29H,15-16H2,1-4H3;3*1H4/t2*18-,25+;2*18-,25-;;;/m1010.../s1. The highest BCUT2D eigenvalue weighted by atomic mass is 79.9. The third-order valence-corrected chi connectivity index (χ3v) is 34.7. The largest absolute Gasteiger partial charge is 0.497 e. The van der Waals surface area contributed by atoms with E-state index >= 15 is 0 Å². The Morgan fingerprint density at radius 3 is 0.446 bits per heavy atom. The first-order chi connectivity index (χ1) is 64.6. The fraction of sp³-hybridized carbons (Fsp3) is 0.340. The maximum atomic E-state index is 13.7. The average Bonchev–Trinajstić information content (AvgIpc) is 0.803. The third-order valence-electron chi connectivity index (χ3n) is 22.6. The number of hydrogen-bond acceptors (Lipinski definition) is 24. The lowest BCUT2D eigenvalue weighted by molar-refractivity contribution is 0.167. The highest BCUT2D eigenvalue weighted by molar-refractivity contribution is 9.11. The van der Waals surface area contributed by atoms with Gasteiger partial charge in [0, 0.05) is 70.2 Å². The van der Waals surface area contributed by atoms with E-state index in [4.69, 9.17) is 37.9 Å². The van der Waals surface area contributed by atoms with Gasteiger partial charge in [-0.1, -0.05) is 119 Å². The van der Waals surface area contributed by atoms with Crippen LogP contribution >= 0.6 is 63.7 Å². The Morgan fingerprint density at radius 1 is 0.230 bits per heavy atom. The number of rotatable bonds is 40. The summed E-state index contributed by atoms with van der Waals surface area (Å²) in [6.07, 6.45) is -5.14. The zero-order valence-electron chi connectivity index (χ0n) is 78.4. The van der Waals surface area contributed by atoms with E-state index in [1.54, 1.807) is 230 Å². The Kier molecular flexibility index (Phi) is 46.6. The summed E-state index contributed by atoms with van der Waals surface area (Å²) in [6.45, 7) is 14.3. The molecule has 0 aliphatic heterocycles. The second kappa shape index (κ2) is 55.0. The smallest absolute Gasteiger partial charge is 0.220 e. The summed E-state index contributed by atoms with van der Waals surface area (Å²) in [6, 6.07) is 71.5. The highest BCUT2D eigenvalue weighted by Gasteiger charge is 2.40. The van der Waals surface area contributed by atoms with Gasteiger partial charge in [0.2, 0.25) is 40.1 Å². The number of aliphatic hydroxyl groups is 4. The Labute approximate surface area is 854 Å². The molecular weight excluding hydrogens is 2120 g/mol. The van der Waals surface area contributed by atoms with Crippen LogP contribution in [-0.2, 0) is 92.5 Å². The Morgan fingerprint density at radius 2 is 0.345 bits per heavy atom. The number of methoxy groups -OCH3 is 8. The fourth-order valence-electron chi connectivity index (χ4n) is 13.9. The van der Waals surface area contributed by atoms with Crippen LogP contribution in [0.4, 0.5) is 0 Å². The van der Waals surface area contributed by atoms with Crippen molar-refractivity contribution in [2.75, 3.05) is 56.9 Å². The van der Waals surface area contributed by atoms with Crippen molar-refractivity contribution in [2.24, 2.45) is 0 Å². The van der Waals surface area contributed by atoms with E-state index in [1.807, 2.05) is 97.1 Å². The molecule has 28 nitrogen and oxygen atoms in total. The first kappa shape index (κ1) is 118. The van der Waals surface area contributed by atoms with E-state index in [2.05, 4.69) is 83.7 Å². The number of pyridine rings is 4. The van der Waals surface area contributed by atoms with Gasteiger partial charge in [-0.2, -0.15) is 17.2 Å². The molecule has 4 aromatic heterocycles. The molecule has 0 spiro atoms. The number of ether oxygens (including phenoxy) is 8. The summed E-state index contributed by atoms with van der Waals surface area (Å²) >= 11 is 13.5. The first-order valence-electron chi connectivity index (χ1n) is 42.9. The summed E-state index contributed by atoms with van der Waals surface area (Å²) in [4.78, 5) is 17.5. The second-order valence-corrected chi connectivity index (χ2v) is 44.4. The quantitative estimate of drug-likeness (QED) is 0.0277. The van der Waals surface area contributed by atoms with Gasteiger partial charge in [-0.05, 0) is 309 Å². The van der Waals surface area contributed by atoms with Crippen LogP contribution in [0.5, 0.6) is 46.0 Å². The molecule has 0 unspecified atom stereocenters. The molecule has 0 fully saturated rings. The molecule has 0 saturated carbocycles. The molecule has 8 aromatic carbocycles. The first-order valence-corrected chi connectivity index (χ1v) is 52.0. The van der Waals surface area contributed by atoms with Crippen LogP contribution in [0.15, 0.2) is 261 Å². The van der Waals surface area contributed by atoms with Crippen LogP contribution in [0.1, 0.15) is 164 Å². The Balaban J connectivity index is 0.000000282. The van der Waals surface area contributed by atoms with Crippen molar-refractivity contribution in [1.82, 2.24) is 37.2 Å². The summed E-state index contributed by atoms with van der Waals surface area (Å²) in [5, 5.41) is 39.3. The molecule has 0 aliphatic rings. The molecule has 4 heterocycles. The molecule has 0 amide bonds. The number of hydrogen-bond donors (Lipinski definition) is 4. The molecule has 139 heavy (non-hydrogen) atoms. The minimum Gasteiger partial charge on any atom is -0.497 e. The monoisotopic (exact) mass is 2240 g/mol. The molecule has 4 N–H and O–H groups in total. The summed E-state index contributed by atoms with van der Waals surface area (Å²) in [5.41, 5.74) is 10.4. The van der Waals surface area contributed by atoms with Crippen molar-refractivity contribution in [1.29, 1.82) is 0 Å². The zero-order chi connectivity index (χ0) is 99.5. The molecular formula is C103H128Br4N8O20S4. The molecule has 0 aliphatic carbocycles. The molecule has 8 atom stereocenters. The molecule has 752 valence electrons. The van der Waals surface area contributed by atoms with Gasteiger partial charge in [0.05, 0.1) is 102 Å². The number of aromatic nitrogens is 4. The predicted octanol–water partition coefficient (Wildman–Crippen LogP) is 20.4. The second-order valence-electron chi connectivity index (χ2n) is 31.8. The van der Waals surface area contributed by atoms with Gasteiger partial charge in [-0.3, -0.25) is 19.9 Å². The van der Waals surface area contributed by atoms with E-state index in [9.17, 15) is 54.1 Å². The maximum absolute atomic E-state index is 13.7. The van der Waals surface area contributed by atoms with Crippen LogP contribution in [0.25, 0.3) is 0 Å². The number of sulfonamides is 4. The van der Waals surface area contributed by atoms with Crippen molar-refractivity contribution in [3.05, 3.63) is 351 Å². The molecule has 0 radical (unpaired) electrons. The van der Waals surface area contributed by atoms with Crippen LogP contribution in [0, 0.1) is 27.7 Å². The van der Waals surface area contributed by atoms with Gasteiger partial charge in [0.25, 0.3) is 0 Å². The van der Waals surface area contributed by atoms with Crippen LogP contribution < -0.4 is 37.9 Å². The van der Waals surface area contributed by atoms with Gasteiger partial charge in [-0.25, -0.2) is 33.7 Å². The summed E-state index contributed by atoms with van der Waals surface area (Å²) in [7, 11) is -3.08. The van der Waals surface area contributed by atoms with Crippen molar-refractivity contribution < 1.29 is 92.0 Å². The lowest BCUT2D eigenvalue weighted by atomic mass is 10.1. The van der Waals surface area contributed by atoms with Crippen molar-refractivity contribution >= 4 is 104 Å². The minimum absolute atomic E-state index is 0. The maximum Gasteiger partial charge on any atom is 0.220 e. The highest BCUT2D eigenvalue weighted by Crippen LogP contribution is 2.36. The molecule has 36 heteroatoms. The van der Waals surface area contributed by atoms with E-state index < -0.39 is 85.5 Å². The van der Waals surface area contributed by atoms with Gasteiger partial charge >= 0.3 is 0 Å². The number of halogens is 4. The van der Waals surface area contributed by atoms with Gasteiger partial charge < -0.3 is 58.3 Å². The van der Waals surface area contributed by atoms with Crippen LogP contribution in [0.3, 0.4) is 0 Å². The zero-order valence-corrected chi connectivity index (χ0v) is 88.0. The number of aliphatic hydroxyl groups excluding tert-OH is 4. The van der Waals surface area contributed by atoms with Crippen molar-refractivity contribution in [3.8, 4) is 46.0 Å². The molecule has 12 rings (SSSR count). The van der Waals surface area contributed by atoms with E-state index in [1.165, 1.54) is 44.9 Å². The summed E-state index contributed by atoms with van der Waals surface area (Å²) in [5.74, 6) is 5.51. The minimum atomic E-state index is -3.93. The molecule has 12 aromatic rings. The van der Waals surface area contributed by atoms with E-state index in [0.717, 1.165) is 62.4 Å². The van der Waals surface area contributed by atoms with Crippen LogP contribution in [-0.4, -0.2) is 169 Å². The lowest BCUT2D eigenvalue weighted by Crippen LogP contribution is -2.39. The number of nitrogens with zero attached hydrogens (tertiary/aromatic N) is 8. The van der Waals surface area contributed by atoms with Crippen LogP contribution in [0.2, 0.25) is 0 Å². The SMILES string of the molecule is C.C.C.COc1ccc(CN(Cc2ccc(OC)cc2)S(=O)(=O)[C@@H](C)[C@@H](O)c2ccc(Br)c(C)n2)cc1.COc1ccc(CN(Cc2ccc(OC)cc2)S(=O)(=O)[C@@H](C)[C@H](O)c2ccc(Br)c(C)n2)cc1.COc1ccc(CN(Cc2ccc(OC)cc2)S(=O)(=O)[C@H](C)[C@@H](O)c2ccc(Br)c(C)n2)cc1.COc1ccc(CN(Cc2ccc(OC)cc2)S(=O)(=O)[C@H](C)[C@H](O)c2ccc(Br)c(C)n2)cc1. The third kappa shape index (κ3) is 32.6. The number of aryl methyl sites for hydroxylation is 4. The van der Waals surface area contributed by atoms with Crippen molar-refractivity contribution in [2.45, 2.75) is 175 Å². The Bertz CT molecular complexity index is 5380.